The molecule has 1 amide bonds. The van der Waals surface area contributed by atoms with Gasteiger partial charge in [0.05, 0.1) is 29.8 Å². The zero-order valence-electron chi connectivity index (χ0n) is 15.8. The van der Waals surface area contributed by atoms with E-state index in [0.29, 0.717) is 33.0 Å². The number of esters is 1. The van der Waals surface area contributed by atoms with Crippen molar-refractivity contribution in [3.05, 3.63) is 69.0 Å². The number of ether oxygens (including phenoxy) is 2. The van der Waals surface area contributed by atoms with Crippen LogP contribution in [0, 0.1) is 6.92 Å². The monoisotopic (exact) mass is 415 g/mol. The van der Waals surface area contributed by atoms with Gasteiger partial charge in [-0.15, -0.1) is 0 Å². The third-order valence-corrected chi connectivity index (χ3v) is 4.66. The van der Waals surface area contributed by atoms with Crippen LogP contribution in [0.15, 0.2) is 51.7 Å². The van der Waals surface area contributed by atoms with Crippen LogP contribution in [0.25, 0.3) is 11.0 Å². The number of rotatable bonds is 6. The van der Waals surface area contributed by atoms with Crippen LogP contribution in [-0.2, 0) is 20.7 Å². The van der Waals surface area contributed by atoms with Crippen LogP contribution in [0.5, 0.6) is 5.75 Å². The molecule has 0 aliphatic carbocycles. The minimum Gasteiger partial charge on any atom is -0.484 e. The topological polar surface area (TPSA) is 94.8 Å². The highest BCUT2D eigenvalue weighted by Crippen LogP contribution is 2.25. The molecular formula is C21H18ClNO6. The van der Waals surface area contributed by atoms with Gasteiger partial charge in [0, 0.05) is 11.5 Å². The molecule has 3 rings (SSSR count). The largest absolute Gasteiger partial charge is 0.484 e. The lowest BCUT2D eigenvalue weighted by Crippen LogP contribution is -2.20. The van der Waals surface area contributed by atoms with E-state index in [-0.39, 0.29) is 24.5 Å². The molecule has 0 unspecified atom stereocenters. The summed E-state index contributed by atoms with van der Waals surface area (Å²) in [5.41, 5.74) is 1.04. The summed E-state index contributed by atoms with van der Waals surface area (Å²) in [4.78, 5) is 35.8. The maximum atomic E-state index is 12.2. The molecule has 0 fully saturated rings. The SMILES string of the molecule is COC(=O)Cc1c(C)c2ccc(OCC(=O)Nc3ccccc3Cl)cc2oc1=O. The first kappa shape index (κ1) is 20.4. The van der Waals surface area contributed by atoms with Crippen molar-refractivity contribution in [3.63, 3.8) is 0 Å². The van der Waals surface area contributed by atoms with E-state index >= 15 is 0 Å². The summed E-state index contributed by atoms with van der Waals surface area (Å²) < 4.78 is 15.4. The third-order valence-electron chi connectivity index (χ3n) is 4.33. The van der Waals surface area contributed by atoms with Crippen molar-refractivity contribution >= 4 is 40.1 Å². The highest BCUT2D eigenvalue weighted by atomic mass is 35.5. The van der Waals surface area contributed by atoms with Gasteiger partial charge >= 0.3 is 11.6 Å². The van der Waals surface area contributed by atoms with Crippen molar-refractivity contribution in [3.8, 4) is 5.75 Å². The van der Waals surface area contributed by atoms with Gasteiger partial charge in [0.25, 0.3) is 5.91 Å². The summed E-state index contributed by atoms with van der Waals surface area (Å²) >= 11 is 6.01. The van der Waals surface area contributed by atoms with E-state index in [1.54, 1.807) is 43.3 Å². The smallest absolute Gasteiger partial charge is 0.340 e. The van der Waals surface area contributed by atoms with Crippen molar-refractivity contribution in [1.82, 2.24) is 0 Å². The fraction of sp³-hybridized carbons (Fsp3) is 0.190. The molecule has 29 heavy (non-hydrogen) atoms. The van der Waals surface area contributed by atoms with Crippen LogP contribution in [0.2, 0.25) is 5.02 Å². The molecular weight excluding hydrogens is 398 g/mol. The Balaban J connectivity index is 1.75. The van der Waals surface area contributed by atoms with Gasteiger partial charge < -0.3 is 19.2 Å². The first-order valence-corrected chi connectivity index (χ1v) is 9.07. The second-order valence-corrected chi connectivity index (χ2v) is 6.63. The van der Waals surface area contributed by atoms with Crippen LogP contribution >= 0.6 is 11.6 Å². The van der Waals surface area contributed by atoms with E-state index in [2.05, 4.69) is 10.1 Å². The first-order chi connectivity index (χ1) is 13.9. The Morgan fingerprint density at radius 3 is 2.66 bits per heavy atom. The lowest BCUT2D eigenvalue weighted by Gasteiger charge is -2.10. The van der Waals surface area contributed by atoms with E-state index in [9.17, 15) is 14.4 Å². The zero-order valence-corrected chi connectivity index (χ0v) is 16.5. The number of carbonyl (C=O) groups is 2. The number of para-hydroxylation sites is 1. The van der Waals surface area contributed by atoms with Gasteiger partial charge in [-0.25, -0.2) is 4.79 Å². The number of fused-ring (bicyclic) bond motifs is 1. The Morgan fingerprint density at radius 1 is 1.17 bits per heavy atom. The fourth-order valence-electron chi connectivity index (χ4n) is 2.78. The number of aryl methyl sites for hydroxylation is 1. The summed E-state index contributed by atoms with van der Waals surface area (Å²) in [5.74, 6) is -0.552. The van der Waals surface area contributed by atoms with Gasteiger partial charge in [-0.2, -0.15) is 0 Å². The van der Waals surface area contributed by atoms with E-state index in [1.807, 2.05) is 0 Å². The number of carbonyl (C=O) groups excluding carboxylic acids is 2. The normalized spacial score (nSPS) is 10.6. The van der Waals surface area contributed by atoms with Crippen molar-refractivity contribution < 1.29 is 23.5 Å². The Morgan fingerprint density at radius 2 is 1.93 bits per heavy atom. The van der Waals surface area contributed by atoms with Gasteiger partial charge in [0.15, 0.2) is 6.61 Å². The highest BCUT2D eigenvalue weighted by molar-refractivity contribution is 6.33. The summed E-state index contributed by atoms with van der Waals surface area (Å²) in [7, 11) is 1.26. The van der Waals surface area contributed by atoms with E-state index in [4.69, 9.17) is 20.8 Å². The molecule has 1 N–H and O–H groups in total. The summed E-state index contributed by atoms with van der Waals surface area (Å²) in [5, 5.41) is 3.74. The molecule has 7 nitrogen and oxygen atoms in total. The Kier molecular flexibility index (Phi) is 6.19. The molecule has 0 spiro atoms. The Bertz CT molecular complexity index is 1140. The number of halogens is 1. The number of amides is 1. The average Bonchev–Trinajstić information content (AvgIpc) is 2.71. The molecule has 2 aromatic carbocycles. The summed E-state index contributed by atoms with van der Waals surface area (Å²) in [6.45, 7) is 1.48. The minimum atomic E-state index is -0.617. The molecule has 3 aromatic rings. The third kappa shape index (κ3) is 4.75. The predicted molar refractivity (Wildman–Crippen MR) is 109 cm³/mol. The quantitative estimate of drug-likeness (QED) is 0.489. The second-order valence-electron chi connectivity index (χ2n) is 6.22. The number of hydrogen-bond donors (Lipinski definition) is 1. The lowest BCUT2D eigenvalue weighted by atomic mass is 10.0. The van der Waals surface area contributed by atoms with Crippen LogP contribution in [-0.4, -0.2) is 25.6 Å². The van der Waals surface area contributed by atoms with Gasteiger partial charge in [-0.1, -0.05) is 23.7 Å². The molecule has 0 bridgehead atoms. The van der Waals surface area contributed by atoms with Crippen molar-refractivity contribution in [2.75, 3.05) is 19.0 Å². The maximum absolute atomic E-state index is 12.2. The van der Waals surface area contributed by atoms with E-state index in [0.717, 1.165) is 0 Å². The van der Waals surface area contributed by atoms with Crippen LogP contribution in [0.3, 0.4) is 0 Å². The van der Waals surface area contributed by atoms with Gasteiger partial charge in [0.2, 0.25) is 0 Å². The molecule has 1 aromatic heterocycles. The number of nitrogens with one attached hydrogen (secondary N) is 1. The van der Waals surface area contributed by atoms with E-state index in [1.165, 1.54) is 13.2 Å². The highest BCUT2D eigenvalue weighted by Gasteiger charge is 2.16. The van der Waals surface area contributed by atoms with Gasteiger partial charge in [0.1, 0.15) is 11.3 Å². The average molecular weight is 416 g/mol. The second kappa shape index (κ2) is 8.79. The summed E-state index contributed by atoms with van der Waals surface area (Å²) in [6, 6.07) is 11.7. The van der Waals surface area contributed by atoms with Gasteiger partial charge in [-0.05, 0) is 36.8 Å². The number of benzene rings is 2. The fourth-order valence-corrected chi connectivity index (χ4v) is 2.97. The molecule has 8 heteroatoms. The van der Waals surface area contributed by atoms with Crippen molar-refractivity contribution in [2.24, 2.45) is 0 Å². The van der Waals surface area contributed by atoms with Gasteiger partial charge in [-0.3, -0.25) is 9.59 Å². The van der Waals surface area contributed by atoms with Crippen molar-refractivity contribution in [1.29, 1.82) is 0 Å². The van der Waals surface area contributed by atoms with Crippen LogP contribution in [0.4, 0.5) is 5.69 Å². The molecule has 0 atom stereocenters. The van der Waals surface area contributed by atoms with Crippen LogP contribution in [0.1, 0.15) is 11.1 Å². The lowest BCUT2D eigenvalue weighted by molar-refractivity contribution is -0.139. The zero-order chi connectivity index (χ0) is 21.0. The summed E-state index contributed by atoms with van der Waals surface area (Å²) in [6.07, 6.45) is -0.166. The number of hydrogen-bond acceptors (Lipinski definition) is 6. The first-order valence-electron chi connectivity index (χ1n) is 8.69. The number of anilines is 1. The minimum absolute atomic E-state index is 0.166. The number of methoxy groups -OCH3 is 1. The molecule has 0 saturated heterocycles. The Hall–Kier alpha value is -3.32. The molecule has 0 radical (unpaired) electrons. The van der Waals surface area contributed by atoms with Crippen LogP contribution < -0.4 is 15.7 Å². The molecule has 0 aliphatic heterocycles. The standard InChI is InChI=1S/C21H18ClNO6/c1-12-14-8-7-13(9-18(14)29-21(26)15(12)10-20(25)27-2)28-11-19(24)23-17-6-4-3-5-16(17)22/h3-9H,10-11H2,1-2H3,(H,23,24). The predicted octanol–water partition coefficient (Wildman–Crippen LogP) is 3.49. The van der Waals surface area contributed by atoms with Crippen molar-refractivity contribution in [2.45, 2.75) is 13.3 Å². The molecule has 0 saturated carbocycles. The van der Waals surface area contributed by atoms with E-state index < -0.39 is 11.6 Å². The molecule has 150 valence electrons. The molecule has 1 heterocycles. The maximum Gasteiger partial charge on any atom is 0.340 e. The molecule has 0 aliphatic rings. The Labute approximate surface area is 171 Å².